The van der Waals surface area contributed by atoms with Gasteiger partial charge in [-0.15, -0.1) is 0 Å². The van der Waals surface area contributed by atoms with E-state index in [1.807, 2.05) is 102 Å². The first kappa shape index (κ1) is 24.3. The lowest BCUT2D eigenvalue weighted by molar-refractivity contribution is 0.0992. The largest absolute Gasteiger partial charge is 0.497 e. The Bertz CT molecular complexity index is 1450. The Labute approximate surface area is 220 Å². The highest BCUT2D eigenvalue weighted by atomic mass is 32.2. The zero-order valence-electron chi connectivity index (χ0n) is 20.2. The molecule has 0 saturated carbocycles. The maximum atomic E-state index is 13.6. The predicted octanol–water partition coefficient (Wildman–Crippen LogP) is 6.74. The molecule has 4 aromatic rings. The first-order valence-corrected chi connectivity index (χ1v) is 12.7. The van der Waals surface area contributed by atoms with Crippen LogP contribution >= 0.6 is 11.8 Å². The van der Waals surface area contributed by atoms with Gasteiger partial charge in [0.1, 0.15) is 5.75 Å². The van der Waals surface area contributed by atoms with Crippen LogP contribution in [0.1, 0.15) is 26.3 Å². The maximum absolute atomic E-state index is 13.6. The normalized spacial score (nSPS) is 16.2. The van der Waals surface area contributed by atoms with Crippen molar-refractivity contribution in [2.45, 2.75) is 5.25 Å². The van der Waals surface area contributed by atoms with Crippen LogP contribution in [0.2, 0.25) is 0 Å². The first-order valence-electron chi connectivity index (χ1n) is 11.8. The number of rotatable bonds is 6. The summed E-state index contributed by atoms with van der Waals surface area (Å²) in [5.74, 6) is 0.215. The topological polar surface area (TPSA) is 59.0 Å². The predicted molar refractivity (Wildman–Crippen MR) is 150 cm³/mol. The molecule has 0 saturated heterocycles. The second-order valence-corrected chi connectivity index (χ2v) is 9.39. The molecule has 1 amide bonds. The number of carbonyl (C=O) groups excluding carboxylic acids is 2. The molecule has 1 aliphatic heterocycles. The number of carbonyl (C=O) groups is 2. The first-order chi connectivity index (χ1) is 18.1. The highest BCUT2D eigenvalue weighted by molar-refractivity contribution is 8.15. The number of anilines is 1. The van der Waals surface area contributed by atoms with Gasteiger partial charge in [0.05, 0.1) is 18.1 Å². The van der Waals surface area contributed by atoms with Gasteiger partial charge in [-0.25, -0.2) is 0 Å². The van der Waals surface area contributed by atoms with Gasteiger partial charge in [-0.1, -0.05) is 90.6 Å². The molecule has 6 heteroatoms. The van der Waals surface area contributed by atoms with Gasteiger partial charge in [0, 0.05) is 16.8 Å². The molecule has 0 aliphatic carbocycles. The van der Waals surface area contributed by atoms with Crippen LogP contribution in [0.5, 0.6) is 5.75 Å². The lowest BCUT2D eigenvalue weighted by Crippen LogP contribution is -2.36. The molecule has 0 spiro atoms. The fourth-order valence-corrected chi connectivity index (χ4v) is 5.15. The van der Waals surface area contributed by atoms with Gasteiger partial charge in [0.2, 0.25) is 0 Å². The van der Waals surface area contributed by atoms with E-state index in [9.17, 15) is 9.59 Å². The average Bonchev–Trinajstić information content (AvgIpc) is 2.97. The molecule has 0 unspecified atom stereocenters. The van der Waals surface area contributed by atoms with E-state index in [2.05, 4.69) is 4.99 Å². The van der Waals surface area contributed by atoms with Crippen LogP contribution in [0.15, 0.2) is 126 Å². The Kier molecular flexibility index (Phi) is 7.28. The Hall–Kier alpha value is -4.42. The summed E-state index contributed by atoms with van der Waals surface area (Å²) >= 11 is 1.27. The number of nitrogens with zero attached hydrogens (tertiary/aromatic N) is 2. The molecule has 0 aromatic heterocycles. The van der Waals surface area contributed by atoms with Crippen LogP contribution in [-0.2, 0) is 0 Å². The van der Waals surface area contributed by atoms with E-state index in [0.29, 0.717) is 22.0 Å². The molecular formula is C31H24N2O3S. The molecule has 182 valence electrons. The van der Waals surface area contributed by atoms with Crippen LogP contribution in [0.3, 0.4) is 0 Å². The summed E-state index contributed by atoms with van der Waals surface area (Å²) in [6.45, 7) is 0. The number of para-hydroxylation sites is 1. The third kappa shape index (κ3) is 5.39. The third-order valence-corrected chi connectivity index (χ3v) is 7.00. The van der Waals surface area contributed by atoms with E-state index in [0.717, 1.165) is 16.9 Å². The van der Waals surface area contributed by atoms with Gasteiger partial charge < -0.3 is 4.74 Å². The van der Waals surface area contributed by atoms with Crippen molar-refractivity contribution in [2.75, 3.05) is 12.0 Å². The minimum Gasteiger partial charge on any atom is -0.497 e. The molecule has 5 nitrogen and oxygen atoms in total. The number of amidine groups is 1. The van der Waals surface area contributed by atoms with Crippen molar-refractivity contribution in [2.24, 2.45) is 4.99 Å². The van der Waals surface area contributed by atoms with E-state index in [1.54, 1.807) is 31.4 Å². The molecule has 0 bridgehead atoms. The van der Waals surface area contributed by atoms with Crippen molar-refractivity contribution in [3.63, 3.8) is 0 Å². The van der Waals surface area contributed by atoms with Crippen LogP contribution in [0.4, 0.5) is 5.69 Å². The molecule has 1 atom stereocenters. The second kappa shape index (κ2) is 11.1. The number of Topliss-reactive ketones (excluding diaryl/α,β-unsaturated/α-hetero) is 1. The summed E-state index contributed by atoms with van der Waals surface area (Å²) in [6.07, 6.45) is 1.96. The number of benzene rings is 4. The van der Waals surface area contributed by atoms with E-state index in [1.165, 1.54) is 11.8 Å². The van der Waals surface area contributed by atoms with E-state index in [-0.39, 0.29) is 5.78 Å². The molecule has 0 N–H and O–H groups in total. The summed E-state index contributed by atoms with van der Waals surface area (Å²) < 4.78 is 5.21. The number of aliphatic imine (C=N–C) groups is 1. The molecular weight excluding hydrogens is 480 g/mol. The summed E-state index contributed by atoms with van der Waals surface area (Å²) in [7, 11) is 1.58. The van der Waals surface area contributed by atoms with Crippen molar-refractivity contribution in [1.29, 1.82) is 0 Å². The number of hydrogen-bond donors (Lipinski definition) is 0. The van der Waals surface area contributed by atoms with Crippen molar-refractivity contribution < 1.29 is 14.3 Å². The number of ether oxygens (including phenoxy) is 1. The summed E-state index contributed by atoms with van der Waals surface area (Å²) in [5, 5.41) is -0.123. The van der Waals surface area contributed by atoms with Crippen molar-refractivity contribution in [3.8, 4) is 5.75 Å². The van der Waals surface area contributed by atoms with Crippen LogP contribution in [-0.4, -0.2) is 29.2 Å². The highest BCUT2D eigenvalue weighted by Crippen LogP contribution is 2.38. The minimum absolute atomic E-state index is 0.0451. The molecule has 4 aromatic carbocycles. The van der Waals surface area contributed by atoms with Gasteiger partial charge in [-0.05, 0) is 48.0 Å². The summed E-state index contributed by atoms with van der Waals surface area (Å²) in [6, 6.07) is 35.6. The van der Waals surface area contributed by atoms with Gasteiger partial charge >= 0.3 is 0 Å². The van der Waals surface area contributed by atoms with E-state index < -0.39 is 11.2 Å². The number of thioether (sulfide) groups is 1. The quantitative estimate of drug-likeness (QED) is 0.272. The molecule has 1 aliphatic rings. The van der Waals surface area contributed by atoms with Gasteiger partial charge in [0.15, 0.2) is 11.0 Å². The number of ketones is 1. The number of amides is 1. The van der Waals surface area contributed by atoms with Crippen LogP contribution in [0.25, 0.3) is 5.70 Å². The monoisotopic (exact) mass is 504 g/mol. The van der Waals surface area contributed by atoms with E-state index >= 15 is 0 Å². The summed E-state index contributed by atoms with van der Waals surface area (Å²) in [5.41, 5.74) is 3.60. The van der Waals surface area contributed by atoms with Crippen molar-refractivity contribution in [3.05, 3.63) is 138 Å². The van der Waals surface area contributed by atoms with Crippen LogP contribution < -0.4 is 9.64 Å². The lowest BCUT2D eigenvalue weighted by Gasteiger charge is -2.34. The standard InChI is InChI=1S/C31H24N2O3S/c1-36-26-19-17-24(18-20-26)30(35)32-31-33(25-15-9-4-10-16-25)27(22-11-5-2-6-12-22)21-28(37-31)29(34)23-13-7-3-8-14-23/h2-21,28H,1H3/t28-/m1/s1. The fraction of sp³-hybridized carbons (Fsp3) is 0.0645. The van der Waals surface area contributed by atoms with Crippen molar-refractivity contribution in [1.82, 2.24) is 0 Å². The smallest absolute Gasteiger partial charge is 0.279 e. The van der Waals surface area contributed by atoms with Crippen molar-refractivity contribution >= 4 is 40.0 Å². The zero-order valence-corrected chi connectivity index (χ0v) is 21.0. The Morgan fingerprint density at radius 1 is 0.757 bits per heavy atom. The Balaban J connectivity index is 1.64. The molecule has 37 heavy (non-hydrogen) atoms. The number of methoxy groups -OCH3 is 1. The lowest BCUT2D eigenvalue weighted by atomic mass is 10.0. The average molecular weight is 505 g/mol. The Morgan fingerprint density at radius 3 is 1.97 bits per heavy atom. The maximum Gasteiger partial charge on any atom is 0.279 e. The minimum atomic E-state index is -0.556. The molecule has 0 radical (unpaired) electrons. The SMILES string of the molecule is COc1ccc(C(=O)N=C2S[C@@H](C(=O)c3ccccc3)C=C(c3ccccc3)N2c2ccccc2)cc1. The van der Waals surface area contributed by atoms with Gasteiger partial charge in [0.25, 0.3) is 5.91 Å². The highest BCUT2D eigenvalue weighted by Gasteiger charge is 2.33. The Morgan fingerprint density at radius 2 is 1.35 bits per heavy atom. The zero-order chi connectivity index (χ0) is 25.6. The molecule has 1 heterocycles. The summed E-state index contributed by atoms with van der Waals surface area (Å²) in [4.78, 5) is 33.4. The van der Waals surface area contributed by atoms with Crippen LogP contribution in [0, 0.1) is 0 Å². The van der Waals surface area contributed by atoms with E-state index in [4.69, 9.17) is 4.74 Å². The van der Waals surface area contributed by atoms with Gasteiger partial charge in [-0.2, -0.15) is 4.99 Å². The third-order valence-electron chi connectivity index (χ3n) is 5.91. The molecule has 0 fully saturated rings. The van der Waals surface area contributed by atoms with Gasteiger partial charge in [-0.3, -0.25) is 14.5 Å². The fourth-order valence-electron chi connectivity index (χ4n) is 4.04. The number of hydrogen-bond acceptors (Lipinski definition) is 4. The second-order valence-electron chi connectivity index (χ2n) is 8.29. The molecule has 5 rings (SSSR count).